The monoisotopic (exact) mass is 280 g/mol. The van der Waals surface area contributed by atoms with Crippen molar-refractivity contribution in [3.8, 4) is 10.4 Å². The summed E-state index contributed by atoms with van der Waals surface area (Å²) in [4.78, 5) is 5.76. The van der Waals surface area contributed by atoms with Crippen LogP contribution in [0.25, 0.3) is 10.4 Å². The first-order valence-corrected chi connectivity index (χ1v) is 7.23. The van der Waals surface area contributed by atoms with Gasteiger partial charge in [0.05, 0.1) is 10.6 Å². The normalized spacial score (nSPS) is 10.9. The maximum absolute atomic E-state index is 5.90. The standard InChI is InChI=1S/C14H17ClN2S/c1-9(2)8-16-14-17-10(3)13(18-14)11-4-6-12(15)7-5-11/h4-7,9H,8H2,1-3H3,(H,16,17). The third kappa shape index (κ3) is 3.24. The predicted molar refractivity (Wildman–Crippen MR) is 80.6 cm³/mol. The number of halogens is 1. The minimum Gasteiger partial charge on any atom is -0.361 e. The lowest BCUT2D eigenvalue weighted by Gasteiger charge is -2.04. The molecule has 0 atom stereocenters. The van der Waals surface area contributed by atoms with E-state index < -0.39 is 0 Å². The highest BCUT2D eigenvalue weighted by molar-refractivity contribution is 7.19. The molecule has 4 heteroatoms. The van der Waals surface area contributed by atoms with Crippen LogP contribution in [0.3, 0.4) is 0 Å². The van der Waals surface area contributed by atoms with Crippen molar-refractivity contribution in [1.82, 2.24) is 4.98 Å². The van der Waals surface area contributed by atoms with Crippen molar-refractivity contribution in [3.63, 3.8) is 0 Å². The van der Waals surface area contributed by atoms with E-state index >= 15 is 0 Å². The van der Waals surface area contributed by atoms with E-state index in [-0.39, 0.29) is 0 Å². The van der Waals surface area contributed by atoms with Gasteiger partial charge in [-0.3, -0.25) is 0 Å². The van der Waals surface area contributed by atoms with Crippen LogP contribution in [0, 0.1) is 12.8 Å². The van der Waals surface area contributed by atoms with Crippen molar-refractivity contribution in [2.75, 3.05) is 11.9 Å². The minimum absolute atomic E-state index is 0.619. The van der Waals surface area contributed by atoms with E-state index in [0.717, 1.165) is 22.4 Å². The molecular formula is C14H17ClN2S. The number of hydrogen-bond acceptors (Lipinski definition) is 3. The second-order valence-electron chi connectivity index (χ2n) is 4.72. The zero-order valence-electron chi connectivity index (χ0n) is 10.8. The third-order valence-corrected chi connectivity index (χ3v) is 3.98. The molecule has 0 bridgehead atoms. The first-order chi connectivity index (χ1) is 8.56. The van der Waals surface area contributed by atoms with Crippen LogP contribution in [-0.2, 0) is 0 Å². The molecule has 18 heavy (non-hydrogen) atoms. The van der Waals surface area contributed by atoms with Crippen LogP contribution in [0.4, 0.5) is 5.13 Å². The number of anilines is 1. The highest BCUT2D eigenvalue weighted by Gasteiger charge is 2.09. The number of aromatic nitrogens is 1. The number of hydrogen-bond donors (Lipinski definition) is 1. The molecule has 0 fully saturated rings. The van der Waals surface area contributed by atoms with Gasteiger partial charge in [-0.2, -0.15) is 0 Å². The van der Waals surface area contributed by atoms with Gasteiger partial charge in [0, 0.05) is 11.6 Å². The maximum Gasteiger partial charge on any atom is 0.183 e. The van der Waals surface area contributed by atoms with Crippen molar-refractivity contribution in [3.05, 3.63) is 35.0 Å². The Morgan fingerprint density at radius 3 is 2.56 bits per heavy atom. The molecule has 0 unspecified atom stereocenters. The van der Waals surface area contributed by atoms with Gasteiger partial charge in [-0.25, -0.2) is 4.98 Å². The van der Waals surface area contributed by atoms with E-state index in [0.29, 0.717) is 5.92 Å². The summed E-state index contributed by atoms with van der Waals surface area (Å²) < 4.78 is 0. The van der Waals surface area contributed by atoms with Crippen molar-refractivity contribution in [1.29, 1.82) is 0 Å². The number of benzene rings is 1. The van der Waals surface area contributed by atoms with Crippen LogP contribution in [0.5, 0.6) is 0 Å². The summed E-state index contributed by atoms with van der Waals surface area (Å²) in [5, 5.41) is 5.12. The summed E-state index contributed by atoms with van der Waals surface area (Å²) in [6.45, 7) is 7.37. The number of thiazole rings is 1. The summed E-state index contributed by atoms with van der Waals surface area (Å²) in [5.41, 5.74) is 2.24. The average Bonchev–Trinajstić information content (AvgIpc) is 2.69. The fraction of sp³-hybridized carbons (Fsp3) is 0.357. The van der Waals surface area contributed by atoms with Gasteiger partial charge < -0.3 is 5.32 Å². The molecule has 1 aromatic heterocycles. The molecule has 2 nitrogen and oxygen atoms in total. The first-order valence-electron chi connectivity index (χ1n) is 6.03. The van der Waals surface area contributed by atoms with Gasteiger partial charge >= 0.3 is 0 Å². The quantitative estimate of drug-likeness (QED) is 0.867. The van der Waals surface area contributed by atoms with E-state index in [4.69, 9.17) is 11.6 Å². The Morgan fingerprint density at radius 1 is 1.28 bits per heavy atom. The van der Waals surface area contributed by atoms with Crippen LogP contribution in [0.2, 0.25) is 5.02 Å². The van der Waals surface area contributed by atoms with Crippen molar-refractivity contribution < 1.29 is 0 Å². The van der Waals surface area contributed by atoms with Crippen molar-refractivity contribution in [2.24, 2.45) is 5.92 Å². The molecule has 2 rings (SSSR count). The second kappa shape index (κ2) is 5.72. The summed E-state index contributed by atoms with van der Waals surface area (Å²) in [6.07, 6.45) is 0. The summed E-state index contributed by atoms with van der Waals surface area (Å²) in [7, 11) is 0. The lowest BCUT2D eigenvalue weighted by atomic mass is 10.2. The Bertz CT molecular complexity index is 517. The SMILES string of the molecule is Cc1nc(NCC(C)C)sc1-c1ccc(Cl)cc1. The molecule has 0 amide bonds. The molecular weight excluding hydrogens is 264 g/mol. The second-order valence-corrected chi connectivity index (χ2v) is 6.15. The topological polar surface area (TPSA) is 24.9 Å². The molecule has 0 aliphatic carbocycles. The fourth-order valence-electron chi connectivity index (χ4n) is 1.63. The Kier molecular flexibility index (Phi) is 4.25. The number of nitrogens with zero attached hydrogens (tertiary/aromatic N) is 1. The van der Waals surface area contributed by atoms with Gasteiger partial charge in [0.15, 0.2) is 5.13 Å². The molecule has 0 saturated heterocycles. The smallest absolute Gasteiger partial charge is 0.183 e. The number of rotatable bonds is 4. The van der Waals surface area contributed by atoms with Gasteiger partial charge in [-0.1, -0.05) is 48.9 Å². The van der Waals surface area contributed by atoms with Crippen molar-refractivity contribution >= 4 is 28.1 Å². The largest absolute Gasteiger partial charge is 0.361 e. The molecule has 1 aromatic carbocycles. The lowest BCUT2D eigenvalue weighted by molar-refractivity contribution is 0.688. The molecule has 0 spiro atoms. The molecule has 0 saturated carbocycles. The van der Waals surface area contributed by atoms with Crippen molar-refractivity contribution in [2.45, 2.75) is 20.8 Å². The maximum atomic E-state index is 5.90. The average molecular weight is 281 g/mol. The zero-order chi connectivity index (χ0) is 13.1. The molecule has 2 aromatic rings. The van der Waals surface area contributed by atoms with Crippen LogP contribution in [-0.4, -0.2) is 11.5 Å². The number of aryl methyl sites for hydroxylation is 1. The van der Waals surface area contributed by atoms with Gasteiger partial charge in [-0.15, -0.1) is 0 Å². The van der Waals surface area contributed by atoms with E-state index in [1.54, 1.807) is 11.3 Å². The van der Waals surface area contributed by atoms with E-state index in [9.17, 15) is 0 Å². The summed E-state index contributed by atoms with van der Waals surface area (Å²) in [5.74, 6) is 0.619. The predicted octanol–water partition coefficient (Wildman–Crippen LogP) is 4.84. The highest BCUT2D eigenvalue weighted by Crippen LogP contribution is 2.33. The van der Waals surface area contributed by atoms with E-state index in [1.807, 2.05) is 31.2 Å². The molecule has 1 heterocycles. The molecule has 96 valence electrons. The van der Waals surface area contributed by atoms with Gasteiger partial charge in [0.25, 0.3) is 0 Å². The summed E-state index contributed by atoms with van der Waals surface area (Å²) in [6, 6.07) is 7.90. The number of nitrogens with one attached hydrogen (secondary N) is 1. The van der Waals surface area contributed by atoms with Gasteiger partial charge in [0.2, 0.25) is 0 Å². The van der Waals surface area contributed by atoms with E-state index in [1.165, 1.54) is 10.4 Å². The third-order valence-electron chi connectivity index (χ3n) is 2.56. The Labute approximate surface area is 117 Å². The van der Waals surface area contributed by atoms with Crippen LogP contribution >= 0.6 is 22.9 Å². The minimum atomic E-state index is 0.619. The van der Waals surface area contributed by atoms with Crippen LogP contribution < -0.4 is 5.32 Å². The molecule has 1 N–H and O–H groups in total. The van der Waals surface area contributed by atoms with E-state index in [2.05, 4.69) is 24.1 Å². The lowest BCUT2D eigenvalue weighted by Crippen LogP contribution is -2.07. The molecule has 0 aliphatic rings. The Morgan fingerprint density at radius 2 is 1.94 bits per heavy atom. The molecule has 0 radical (unpaired) electrons. The first kappa shape index (κ1) is 13.4. The molecule has 0 aliphatic heterocycles. The Hall–Kier alpha value is -1.06. The zero-order valence-corrected chi connectivity index (χ0v) is 12.4. The Balaban J connectivity index is 2.21. The fourth-order valence-corrected chi connectivity index (χ4v) is 2.74. The van der Waals surface area contributed by atoms with Gasteiger partial charge in [-0.05, 0) is 30.5 Å². The van der Waals surface area contributed by atoms with Crippen LogP contribution in [0.1, 0.15) is 19.5 Å². The summed E-state index contributed by atoms with van der Waals surface area (Å²) >= 11 is 7.60. The van der Waals surface area contributed by atoms with Crippen LogP contribution in [0.15, 0.2) is 24.3 Å². The van der Waals surface area contributed by atoms with Gasteiger partial charge in [0.1, 0.15) is 0 Å². The highest BCUT2D eigenvalue weighted by atomic mass is 35.5.